The summed E-state index contributed by atoms with van der Waals surface area (Å²) < 4.78 is 0. The highest BCUT2D eigenvalue weighted by atomic mass is 35.5. The summed E-state index contributed by atoms with van der Waals surface area (Å²) in [6.07, 6.45) is 1.63. The van der Waals surface area contributed by atoms with E-state index in [0.29, 0.717) is 10.6 Å². The van der Waals surface area contributed by atoms with Gasteiger partial charge in [0.2, 0.25) is 0 Å². The molecule has 0 unspecified atom stereocenters. The molecule has 0 saturated heterocycles. The van der Waals surface area contributed by atoms with Crippen molar-refractivity contribution in [3.8, 4) is 5.75 Å². The molecule has 2 aromatic carbocycles. The van der Waals surface area contributed by atoms with Crippen molar-refractivity contribution in [1.29, 1.82) is 0 Å². The van der Waals surface area contributed by atoms with Crippen molar-refractivity contribution in [3.63, 3.8) is 0 Å². The third kappa shape index (κ3) is 2.71. The highest BCUT2D eigenvalue weighted by Gasteiger charge is 2.01. The number of rotatable bonds is 2. The van der Waals surface area contributed by atoms with Gasteiger partial charge in [-0.25, -0.2) is 0 Å². The van der Waals surface area contributed by atoms with E-state index in [2.05, 4.69) is 4.99 Å². The number of benzene rings is 2. The van der Waals surface area contributed by atoms with Gasteiger partial charge >= 0.3 is 0 Å². The predicted molar refractivity (Wildman–Crippen MR) is 76.3 cm³/mol. The van der Waals surface area contributed by atoms with Gasteiger partial charge in [-0.1, -0.05) is 23.7 Å². The summed E-state index contributed by atoms with van der Waals surface area (Å²) in [5.74, 6) is 0.174. The monoisotopic (exact) mass is 259 g/mol. The third-order valence-corrected chi connectivity index (χ3v) is 3.14. The average Bonchev–Trinajstić information content (AvgIpc) is 2.35. The molecule has 2 nitrogen and oxygen atoms in total. The second kappa shape index (κ2) is 5.23. The first-order chi connectivity index (χ1) is 8.58. The van der Waals surface area contributed by atoms with Gasteiger partial charge in [0.1, 0.15) is 5.75 Å². The first-order valence-electron chi connectivity index (χ1n) is 5.67. The molecule has 0 amide bonds. The second-order valence-corrected chi connectivity index (χ2v) is 4.62. The molecule has 0 fully saturated rings. The number of hydrogen-bond donors (Lipinski definition) is 1. The molecular formula is C15H14ClNO. The average molecular weight is 260 g/mol. The van der Waals surface area contributed by atoms with Gasteiger partial charge in [0, 0.05) is 16.8 Å². The van der Waals surface area contributed by atoms with Crippen molar-refractivity contribution >= 4 is 23.5 Å². The van der Waals surface area contributed by atoms with Crippen molar-refractivity contribution in [2.45, 2.75) is 13.8 Å². The molecule has 0 aromatic heterocycles. The summed E-state index contributed by atoms with van der Waals surface area (Å²) in [5.41, 5.74) is 3.84. The maximum absolute atomic E-state index is 9.69. The van der Waals surface area contributed by atoms with Crippen LogP contribution < -0.4 is 0 Å². The first-order valence-corrected chi connectivity index (χ1v) is 6.04. The Morgan fingerprint density at radius 1 is 1.17 bits per heavy atom. The molecular weight excluding hydrogens is 246 g/mol. The zero-order valence-electron chi connectivity index (χ0n) is 10.3. The van der Waals surface area contributed by atoms with Crippen molar-refractivity contribution in [1.82, 2.24) is 0 Å². The van der Waals surface area contributed by atoms with Crippen LogP contribution >= 0.6 is 11.6 Å². The molecule has 0 atom stereocenters. The lowest BCUT2D eigenvalue weighted by Crippen LogP contribution is -1.84. The SMILES string of the molecule is Cc1cccc(N=Cc2cc(Cl)ccc2O)c1C. The number of halogens is 1. The minimum Gasteiger partial charge on any atom is -0.507 e. The number of phenols is 1. The Morgan fingerprint density at radius 2 is 1.94 bits per heavy atom. The van der Waals surface area contributed by atoms with Crippen LogP contribution in [0.5, 0.6) is 5.75 Å². The van der Waals surface area contributed by atoms with Gasteiger partial charge in [-0.15, -0.1) is 0 Å². The fraction of sp³-hybridized carbons (Fsp3) is 0.133. The summed E-state index contributed by atoms with van der Waals surface area (Å²) in [7, 11) is 0. The van der Waals surface area contributed by atoms with E-state index in [4.69, 9.17) is 11.6 Å². The van der Waals surface area contributed by atoms with E-state index in [1.54, 1.807) is 24.4 Å². The summed E-state index contributed by atoms with van der Waals surface area (Å²) in [4.78, 5) is 4.40. The summed E-state index contributed by atoms with van der Waals surface area (Å²) in [5, 5.41) is 10.3. The van der Waals surface area contributed by atoms with Crippen LogP contribution in [0.1, 0.15) is 16.7 Å². The molecule has 0 heterocycles. The quantitative estimate of drug-likeness (QED) is 0.796. The van der Waals surface area contributed by atoms with E-state index >= 15 is 0 Å². The van der Waals surface area contributed by atoms with E-state index in [0.717, 1.165) is 11.3 Å². The van der Waals surface area contributed by atoms with Gasteiger partial charge < -0.3 is 5.11 Å². The van der Waals surface area contributed by atoms with Gasteiger partial charge in [0.25, 0.3) is 0 Å². The minimum atomic E-state index is 0.174. The Hall–Kier alpha value is -1.80. The maximum Gasteiger partial charge on any atom is 0.124 e. The molecule has 0 saturated carbocycles. The first kappa shape index (κ1) is 12.7. The van der Waals surface area contributed by atoms with Crippen LogP contribution in [-0.2, 0) is 0 Å². The Bertz CT molecular complexity index is 601. The van der Waals surface area contributed by atoms with E-state index in [-0.39, 0.29) is 5.75 Å². The van der Waals surface area contributed by atoms with E-state index in [9.17, 15) is 5.11 Å². The number of hydrogen-bond acceptors (Lipinski definition) is 2. The van der Waals surface area contributed by atoms with Crippen LogP contribution in [0.25, 0.3) is 0 Å². The standard InChI is InChI=1S/C15H14ClNO/c1-10-4-3-5-14(11(10)2)17-9-12-8-13(16)6-7-15(12)18/h3-9,18H,1-2H3. The van der Waals surface area contributed by atoms with Gasteiger partial charge in [0.05, 0.1) is 5.69 Å². The molecule has 0 aliphatic rings. The number of nitrogens with zero attached hydrogens (tertiary/aromatic N) is 1. The Labute approximate surface area is 112 Å². The predicted octanol–water partition coefficient (Wildman–Crippen LogP) is 4.41. The van der Waals surface area contributed by atoms with Crippen molar-refractivity contribution in [2.24, 2.45) is 4.99 Å². The zero-order valence-corrected chi connectivity index (χ0v) is 11.1. The summed E-state index contributed by atoms with van der Waals surface area (Å²) in [6.45, 7) is 4.07. The molecule has 0 aliphatic carbocycles. The van der Waals surface area contributed by atoms with Crippen LogP contribution in [0.4, 0.5) is 5.69 Å². The molecule has 0 spiro atoms. The summed E-state index contributed by atoms with van der Waals surface area (Å²) >= 11 is 5.88. The van der Waals surface area contributed by atoms with E-state index < -0.39 is 0 Å². The van der Waals surface area contributed by atoms with Crippen LogP contribution in [0.15, 0.2) is 41.4 Å². The topological polar surface area (TPSA) is 32.6 Å². The van der Waals surface area contributed by atoms with Crippen LogP contribution in [-0.4, -0.2) is 11.3 Å². The molecule has 0 radical (unpaired) electrons. The largest absolute Gasteiger partial charge is 0.507 e. The molecule has 0 aliphatic heterocycles. The van der Waals surface area contributed by atoms with Gasteiger partial charge in [-0.2, -0.15) is 0 Å². The lowest BCUT2D eigenvalue weighted by molar-refractivity contribution is 0.474. The van der Waals surface area contributed by atoms with Crippen LogP contribution in [0, 0.1) is 13.8 Å². The normalized spacial score (nSPS) is 11.1. The molecule has 92 valence electrons. The molecule has 18 heavy (non-hydrogen) atoms. The number of aromatic hydroxyl groups is 1. The van der Waals surface area contributed by atoms with E-state index in [1.807, 2.05) is 32.0 Å². The van der Waals surface area contributed by atoms with Gasteiger partial charge in [0.15, 0.2) is 0 Å². The maximum atomic E-state index is 9.69. The minimum absolute atomic E-state index is 0.174. The smallest absolute Gasteiger partial charge is 0.124 e. The number of aliphatic imine (C=N–C) groups is 1. The van der Waals surface area contributed by atoms with Crippen molar-refractivity contribution in [3.05, 3.63) is 58.1 Å². The molecule has 0 bridgehead atoms. The fourth-order valence-electron chi connectivity index (χ4n) is 1.64. The highest BCUT2D eigenvalue weighted by Crippen LogP contribution is 2.23. The third-order valence-electron chi connectivity index (χ3n) is 2.91. The lowest BCUT2D eigenvalue weighted by Gasteiger charge is -2.03. The van der Waals surface area contributed by atoms with Crippen molar-refractivity contribution in [2.75, 3.05) is 0 Å². The van der Waals surface area contributed by atoms with E-state index in [1.165, 1.54) is 5.56 Å². The lowest BCUT2D eigenvalue weighted by atomic mass is 10.1. The molecule has 1 N–H and O–H groups in total. The molecule has 2 rings (SSSR count). The van der Waals surface area contributed by atoms with Crippen LogP contribution in [0.2, 0.25) is 5.02 Å². The Balaban J connectivity index is 2.36. The molecule has 3 heteroatoms. The van der Waals surface area contributed by atoms with Gasteiger partial charge in [-0.3, -0.25) is 4.99 Å². The summed E-state index contributed by atoms with van der Waals surface area (Å²) in [6, 6.07) is 10.9. The van der Waals surface area contributed by atoms with Gasteiger partial charge in [-0.05, 0) is 49.2 Å². The highest BCUT2D eigenvalue weighted by molar-refractivity contribution is 6.30. The zero-order chi connectivity index (χ0) is 13.1. The fourth-order valence-corrected chi connectivity index (χ4v) is 1.82. The Kier molecular flexibility index (Phi) is 3.68. The second-order valence-electron chi connectivity index (χ2n) is 4.18. The van der Waals surface area contributed by atoms with Crippen LogP contribution in [0.3, 0.4) is 0 Å². The molecule has 2 aromatic rings. The Morgan fingerprint density at radius 3 is 2.72 bits per heavy atom. The number of aryl methyl sites for hydroxylation is 1. The number of phenolic OH excluding ortho intramolecular Hbond substituents is 1. The van der Waals surface area contributed by atoms with Crippen molar-refractivity contribution < 1.29 is 5.11 Å².